The van der Waals surface area contributed by atoms with E-state index in [1.165, 1.54) is 5.56 Å². The van der Waals surface area contributed by atoms with E-state index in [2.05, 4.69) is 36.0 Å². The molecule has 1 saturated heterocycles. The number of carbonyl (C=O) groups is 1. The van der Waals surface area contributed by atoms with Crippen LogP contribution < -0.4 is 0 Å². The Morgan fingerprint density at radius 3 is 2.54 bits per heavy atom. The highest BCUT2D eigenvalue weighted by Crippen LogP contribution is 2.38. The van der Waals surface area contributed by atoms with Crippen molar-refractivity contribution >= 4 is 6.09 Å². The number of likely N-dealkylation sites (tertiary alicyclic amines) is 1. The van der Waals surface area contributed by atoms with Crippen LogP contribution in [0, 0.1) is 0 Å². The summed E-state index contributed by atoms with van der Waals surface area (Å²) < 4.78 is 5.44. The van der Waals surface area contributed by atoms with E-state index in [9.17, 15) is 4.79 Å². The first-order valence-electron chi connectivity index (χ1n) is 9.66. The molecule has 0 unspecified atom stereocenters. The molecule has 0 aliphatic carbocycles. The molecule has 3 rings (SSSR count). The lowest BCUT2D eigenvalue weighted by Crippen LogP contribution is -2.44. The summed E-state index contributed by atoms with van der Waals surface area (Å²) in [5, 5.41) is 4.17. The molecule has 2 aromatic rings. The zero-order valence-corrected chi connectivity index (χ0v) is 16.4. The van der Waals surface area contributed by atoms with Gasteiger partial charge in [-0.05, 0) is 41.0 Å². The highest BCUT2D eigenvalue weighted by molar-refractivity contribution is 5.67. The number of piperidine rings is 1. The fraction of sp³-hybridized carbons (Fsp3) is 0.409. The normalized spacial score (nSPS) is 15.8. The highest BCUT2D eigenvalue weighted by atomic mass is 16.6. The molecule has 0 aromatic heterocycles. The third-order valence-corrected chi connectivity index (χ3v) is 5.38. The summed E-state index contributed by atoms with van der Waals surface area (Å²) in [6.07, 6.45) is 0.840. The van der Waals surface area contributed by atoms with Crippen LogP contribution in [-0.4, -0.2) is 24.1 Å². The molecular weight excluding hydrogens is 352 g/mol. The maximum atomic E-state index is 12.4. The Hall–Kier alpha value is -2.98. The first kappa shape index (κ1) is 19.8. The van der Waals surface area contributed by atoms with Crippen LogP contribution >= 0.6 is 0 Å². The van der Waals surface area contributed by atoms with Crippen molar-refractivity contribution in [3.63, 3.8) is 0 Å². The molecule has 0 radical (unpaired) electrons. The minimum Gasteiger partial charge on any atom is -0.445 e. The zero-order valence-electron chi connectivity index (χ0n) is 16.4. The molecule has 0 atom stereocenters. The molecule has 1 aliphatic rings. The molecule has 28 heavy (non-hydrogen) atoms. The van der Waals surface area contributed by atoms with Gasteiger partial charge in [0.1, 0.15) is 6.61 Å². The molecule has 0 saturated carbocycles. The van der Waals surface area contributed by atoms with Crippen LogP contribution in [0.1, 0.15) is 49.3 Å². The van der Waals surface area contributed by atoms with Crippen LogP contribution in [0.15, 0.2) is 59.7 Å². The smallest absolute Gasteiger partial charge is 0.410 e. The van der Waals surface area contributed by atoms with Crippen molar-refractivity contribution in [2.24, 2.45) is 5.11 Å². The quantitative estimate of drug-likeness (QED) is 0.377. The number of azide groups is 1. The van der Waals surface area contributed by atoms with E-state index < -0.39 is 5.54 Å². The SMILES string of the molecule is CC(C)c1cccc(C2(N=[N+]=[N-])CCN(C(=O)OCc3ccccc3)CC2)c1. The molecule has 0 N–H and O–H groups in total. The van der Waals surface area contributed by atoms with Gasteiger partial charge in [-0.1, -0.05) is 73.6 Å². The fourth-order valence-corrected chi connectivity index (χ4v) is 3.59. The van der Waals surface area contributed by atoms with E-state index in [1.54, 1.807) is 4.90 Å². The standard InChI is InChI=1S/C22H26N4O2/c1-17(2)19-9-6-10-20(15-19)22(24-25-23)11-13-26(14-12-22)21(27)28-16-18-7-4-3-5-8-18/h3-10,15,17H,11-14,16H2,1-2H3. The van der Waals surface area contributed by atoms with E-state index in [4.69, 9.17) is 10.3 Å². The zero-order chi connectivity index (χ0) is 20.0. The van der Waals surface area contributed by atoms with Crippen molar-refractivity contribution in [2.45, 2.75) is 44.8 Å². The molecule has 0 spiro atoms. The molecule has 6 heteroatoms. The van der Waals surface area contributed by atoms with Gasteiger partial charge in [0.05, 0.1) is 5.54 Å². The monoisotopic (exact) mass is 378 g/mol. The van der Waals surface area contributed by atoms with Crippen molar-refractivity contribution in [3.05, 3.63) is 81.7 Å². The van der Waals surface area contributed by atoms with E-state index >= 15 is 0 Å². The average Bonchev–Trinajstić information content (AvgIpc) is 2.73. The predicted molar refractivity (Wildman–Crippen MR) is 109 cm³/mol. The van der Waals surface area contributed by atoms with Gasteiger partial charge in [-0.2, -0.15) is 0 Å². The van der Waals surface area contributed by atoms with Crippen molar-refractivity contribution in [3.8, 4) is 0 Å². The van der Waals surface area contributed by atoms with Gasteiger partial charge >= 0.3 is 6.09 Å². The molecule has 1 heterocycles. The fourth-order valence-electron chi connectivity index (χ4n) is 3.59. The largest absolute Gasteiger partial charge is 0.445 e. The second kappa shape index (κ2) is 8.81. The molecule has 1 amide bonds. The van der Waals surface area contributed by atoms with Gasteiger partial charge in [0, 0.05) is 18.0 Å². The minimum atomic E-state index is -0.615. The summed E-state index contributed by atoms with van der Waals surface area (Å²) in [6, 6.07) is 17.9. The van der Waals surface area contributed by atoms with E-state index in [0.29, 0.717) is 31.8 Å². The summed E-state index contributed by atoms with van der Waals surface area (Å²) in [5.41, 5.74) is 11.7. The third-order valence-electron chi connectivity index (χ3n) is 5.38. The predicted octanol–water partition coefficient (Wildman–Crippen LogP) is 5.75. The Kier molecular flexibility index (Phi) is 6.22. The van der Waals surface area contributed by atoms with Crippen LogP contribution in [-0.2, 0) is 16.9 Å². The second-order valence-corrected chi connectivity index (χ2v) is 7.53. The van der Waals surface area contributed by atoms with Gasteiger partial charge in [-0.25, -0.2) is 4.79 Å². The summed E-state index contributed by atoms with van der Waals surface area (Å²) >= 11 is 0. The van der Waals surface area contributed by atoms with Crippen molar-refractivity contribution in [1.82, 2.24) is 4.90 Å². The van der Waals surface area contributed by atoms with Gasteiger partial charge in [0.15, 0.2) is 0 Å². The average molecular weight is 378 g/mol. The topological polar surface area (TPSA) is 78.3 Å². The Labute approximate surface area is 165 Å². The van der Waals surface area contributed by atoms with Gasteiger partial charge < -0.3 is 9.64 Å². The van der Waals surface area contributed by atoms with Crippen LogP contribution in [0.25, 0.3) is 10.4 Å². The molecule has 0 bridgehead atoms. The van der Waals surface area contributed by atoms with E-state index in [0.717, 1.165) is 11.1 Å². The number of hydrogen-bond acceptors (Lipinski definition) is 3. The Morgan fingerprint density at radius 1 is 1.18 bits per heavy atom. The molecule has 146 valence electrons. The second-order valence-electron chi connectivity index (χ2n) is 7.53. The first-order valence-corrected chi connectivity index (χ1v) is 9.66. The number of benzene rings is 2. The number of ether oxygens (including phenoxy) is 1. The lowest BCUT2D eigenvalue weighted by atomic mass is 9.80. The maximum absolute atomic E-state index is 12.4. The van der Waals surface area contributed by atoms with Gasteiger partial charge in [0.25, 0.3) is 0 Å². The first-order chi connectivity index (χ1) is 13.5. The van der Waals surface area contributed by atoms with E-state index in [-0.39, 0.29) is 12.7 Å². The Morgan fingerprint density at radius 2 is 1.89 bits per heavy atom. The lowest BCUT2D eigenvalue weighted by molar-refractivity contribution is 0.0779. The van der Waals surface area contributed by atoms with Gasteiger partial charge in [-0.15, -0.1) is 0 Å². The van der Waals surface area contributed by atoms with Crippen molar-refractivity contribution < 1.29 is 9.53 Å². The lowest BCUT2D eigenvalue weighted by Gasteiger charge is -2.38. The number of carbonyl (C=O) groups excluding carboxylic acids is 1. The Balaban J connectivity index is 1.67. The molecule has 2 aromatic carbocycles. The summed E-state index contributed by atoms with van der Waals surface area (Å²) in [6.45, 7) is 5.54. The van der Waals surface area contributed by atoms with Crippen molar-refractivity contribution in [2.75, 3.05) is 13.1 Å². The summed E-state index contributed by atoms with van der Waals surface area (Å²) in [4.78, 5) is 17.2. The number of hydrogen-bond donors (Lipinski definition) is 0. The number of amides is 1. The molecule has 6 nitrogen and oxygen atoms in total. The molecule has 1 fully saturated rings. The third kappa shape index (κ3) is 4.46. The van der Waals surface area contributed by atoms with Crippen LogP contribution in [0.2, 0.25) is 0 Å². The van der Waals surface area contributed by atoms with Gasteiger partial charge in [-0.3, -0.25) is 0 Å². The van der Waals surface area contributed by atoms with E-state index in [1.807, 2.05) is 42.5 Å². The molecular formula is C22H26N4O2. The number of rotatable bonds is 5. The number of nitrogens with zero attached hydrogens (tertiary/aromatic N) is 4. The highest BCUT2D eigenvalue weighted by Gasteiger charge is 2.37. The minimum absolute atomic E-state index is 0.258. The summed E-state index contributed by atoms with van der Waals surface area (Å²) in [5.74, 6) is 0.399. The Bertz CT molecular complexity index is 852. The maximum Gasteiger partial charge on any atom is 0.410 e. The van der Waals surface area contributed by atoms with Crippen LogP contribution in [0.5, 0.6) is 0 Å². The molecule has 1 aliphatic heterocycles. The van der Waals surface area contributed by atoms with Gasteiger partial charge in [0.2, 0.25) is 0 Å². The summed E-state index contributed by atoms with van der Waals surface area (Å²) in [7, 11) is 0. The van der Waals surface area contributed by atoms with Crippen molar-refractivity contribution in [1.29, 1.82) is 0 Å². The van der Waals surface area contributed by atoms with Crippen LogP contribution in [0.3, 0.4) is 0 Å². The van der Waals surface area contributed by atoms with Crippen LogP contribution in [0.4, 0.5) is 4.79 Å².